The van der Waals surface area contributed by atoms with Crippen LogP contribution in [0.15, 0.2) is 0 Å². The molecule has 1 aliphatic rings. The minimum absolute atomic E-state index is 0.0553. The van der Waals surface area contributed by atoms with Crippen molar-refractivity contribution < 1.29 is 9.84 Å². The molecule has 0 aromatic carbocycles. The molecule has 1 N–H and O–H groups in total. The molecule has 0 saturated carbocycles. The van der Waals surface area contributed by atoms with Gasteiger partial charge in [-0.05, 0) is 18.8 Å². The minimum atomic E-state index is 0.0553. The zero-order valence-electron chi connectivity index (χ0n) is 10.5. The smallest absolute Gasteiger partial charge is 0.185 e. The Labute approximate surface area is 106 Å². The zero-order valence-corrected chi connectivity index (χ0v) is 11.3. The molecule has 1 fully saturated rings. The van der Waals surface area contributed by atoms with Crippen LogP contribution >= 0.6 is 11.3 Å². The lowest BCUT2D eigenvalue weighted by molar-refractivity contribution is 0.179. The van der Waals surface area contributed by atoms with Crippen molar-refractivity contribution in [1.82, 2.24) is 4.98 Å². The Balaban J connectivity index is 2.14. The molecular weight excluding hydrogens is 236 g/mol. The number of hydrogen-bond donors (Lipinski definition) is 1. The van der Waals surface area contributed by atoms with Crippen LogP contribution in [0.1, 0.15) is 30.3 Å². The van der Waals surface area contributed by atoms with Crippen molar-refractivity contribution in [3.63, 3.8) is 0 Å². The molecule has 17 heavy (non-hydrogen) atoms. The van der Waals surface area contributed by atoms with E-state index in [4.69, 9.17) is 4.74 Å². The number of nitrogens with zero attached hydrogens (tertiary/aromatic N) is 2. The lowest BCUT2D eigenvalue weighted by Crippen LogP contribution is -2.34. The van der Waals surface area contributed by atoms with Gasteiger partial charge in [-0.2, -0.15) is 0 Å². The first kappa shape index (κ1) is 12.8. The third-order valence-corrected chi connectivity index (χ3v) is 4.26. The largest absolute Gasteiger partial charge is 0.391 e. The molecule has 4 nitrogen and oxygen atoms in total. The fourth-order valence-corrected chi connectivity index (χ4v) is 3.20. The second kappa shape index (κ2) is 5.80. The number of ether oxygens (including phenoxy) is 1. The van der Waals surface area contributed by atoms with Crippen molar-refractivity contribution in [2.45, 2.75) is 33.0 Å². The van der Waals surface area contributed by atoms with E-state index in [1.807, 2.05) is 0 Å². The number of thiazole rings is 1. The molecule has 1 aromatic heterocycles. The van der Waals surface area contributed by atoms with Crippen molar-refractivity contribution >= 4 is 16.5 Å². The Kier molecular flexibility index (Phi) is 4.36. The SMILES string of the molecule is COCc1nc(N2CCCC(C)C2)sc1CO. The van der Waals surface area contributed by atoms with Crippen LogP contribution in [0.2, 0.25) is 0 Å². The third-order valence-electron chi connectivity index (χ3n) is 3.12. The normalized spacial score (nSPS) is 20.9. The minimum Gasteiger partial charge on any atom is -0.391 e. The predicted molar refractivity (Wildman–Crippen MR) is 69.4 cm³/mol. The molecule has 2 heterocycles. The Bertz CT molecular complexity index is 367. The summed E-state index contributed by atoms with van der Waals surface area (Å²) in [5, 5.41) is 10.3. The van der Waals surface area contributed by atoms with Gasteiger partial charge in [0.15, 0.2) is 5.13 Å². The van der Waals surface area contributed by atoms with E-state index >= 15 is 0 Å². The van der Waals surface area contributed by atoms with Gasteiger partial charge in [-0.25, -0.2) is 4.98 Å². The molecule has 1 aliphatic heterocycles. The molecule has 5 heteroatoms. The topological polar surface area (TPSA) is 45.6 Å². The maximum absolute atomic E-state index is 9.31. The molecule has 2 rings (SSSR count). The molecule has 1 saturated heterocycles. The quantitative estimate of drug-likeness (QED) is 0.895. The third kappa shape index (κ3) is 2.97. The number of hydrogen-bond acceptors (Lipinski definition) is 5. The predicted octanol–water partition coefficient (Wildman–Crippen LogP) is 2.02. The standard InChI is InChI=1S/C12H20N2O2S/c1-9-4-3-5-14(6-9)12-13-10(8-16-2)11(7-15)17-12/h9,15H,3-8H2,1-2H3. The van der Waals surface area contributed by atoms with Gasteiger partial charge in [0.25, 0.3) is 0 Å². The molecule has 0 aliphatic carbocycles. The molecule has 0 bridgehead atoms. The number of aliphatic hydroxyl groups excluding tert-OH is 1. The average Bonchev–Trinajstić information content (AvgIpc) is 2.73. The molecule has 0 radical (unpaired) electrons. The highest BCUT2D eigenvalue weighted by atomic mass is 32.1. The van der Waals surface area contributed by atoms with Gasteiger partial charge < -0.3 is 14.7 Å². The number of methoxy groups -OCH3 is 1. The van der Waals surface area contributed by atoms with Crippen molar-refractivity contribution in [1.29, 1.82) is 0 Å². The number of piperidine rings is 1. The average molecular weight is 256 g/mol. The summed E-state index contributed by atoms with van der Waals surface area (Å²) < 4.78 is 5.11. The highest BCUT2D eigenvalue weighted by Crippen LogP contribution is 2.30. The fourth-order valence-electron chi connectivity index (χ4n) is 2.24. The monoisotopic (exact) mass is 256 g/mol. The van der Waals surface area contributed by atoms with E-state index in [2.05, 4.69) is 16.8 Å². The number of anilines is 1. The summed E-state index contributed by atoms with van der Waals surface area (Å²) in [4.78, 5) is 7.85. The van der Waals surface area contributed by atoms with Crippen LogP contribution < -0.4 is 4.90 Å². The van der Waals surface area contributed by atoms with E-state index in [1.165, 1.54) is 12.8 Å². The van der Waals surface area contributed by atoms with Gasteiger partial charge in [-0.1, -0.05) is 18.3 Å². The van der Waals surface area contributed by atoms with Crippen molar-refractivity contribution in [2.75, 3.05) is 25.1 Å². The van der Waals surface area contributed by atoms with Crippen molar-refractivity contribution in [3.05, 3.63) is 10.6 Å². The first-order valence-corrected chi connectivity index (χ1v) is 6.89. The van der Waals surface area contributed by atoms with Gasteiger partial charge in [0.05, 0.1) is 23.8 Å². The van der Waals surface area contributed by atoms with Crippen molar-refractivity contribution in [3.8, 4) is 0 Å². The fraction of sp³-hybridized carbons (Fsp3) is 0.750. The van der Waals surface area contributed by atoms with E-state index in [-0.39, 0.29) is 6.61 Å². The van der Waals surface area contributed by atoms with E-state index in [0.29, 0.717) is 6.61 Å². The number of rotatable bonds is 4. The molecule has 1 aromatic rings. The Morgan fingerprint density at radius 1 is 1.59 bits per heavy atom. The lowest BCUT2D eigenvalue weighted by atomic mass is 10.0. The van der Waals surface area contributed by atoms with Crippen LogP contribution in [0, 0.1) is 5.92 Å². The van der Waals surface area contributed by atoms with E-state index in [1.54, 1.807) is 18.4 Å². The summed E-state index contributed by atoms with van der Waals surface area (Å²) in [6.45, 7) is 4.97. The number of aromatic nitrogens is 1. The van der Waals surface area contributed by atoms with Gasteiger partial charge in [0, 0.05) is 20.2 Å². The van der Waals surface area contributed by atoms with Crippen LogP contribution in [0.25, 0.3) is 0 Å². The highest BCUT2D eigenvalue weighted by molar-refractivity contribution is 7.15. The first-order valence-electron chi connectivity index (χ1n) is 6.08. The van der Waals surface area contributed by atoms with Gasteiger partial charge >= 0.3 is 0 Å². The highest BCUT2D eigenvalue weighted by Gasteiger charge is 2.21. The molecule has 0 amide bonds. The molecule has 0 spiro atoms. The lowest BCUT2D eigenvalue weighted by Gasteiger charge is -2.30. The zero-order chi connectivity index (χ0) is 12.3. The van der Waals surface area contributed by atoms with Crippen LogP contribution in [-0.2, 0) is 18.0 Å². The van der Waals surface area contributed by atoms with Crippen molar-refractivity contribution in [2.24, 2.45) is 5.92 Å². The number of aliphatic hydroxyl groups is 1. The van der Waals surface area contributed by atoms with E-state index in [0.717, 1.165) is 34.7 Å². The van der Waals surface area contributed by atoms with Gasteiger partial charge in [-0.3, -0.25) is 0 Å². The second-order valence-corrected chi connectivity index (χ2v) is 5.71. The Morgan fingerprint density at radius 3 is 3.06 bits per heavy atom. The summed E-state index contributed by atoms with van der Waals surface area (Å²) in [5.74, 6) is 0.733. The van der Waals surface area contributed by atoms with E-state index in [9.17, 15) is 5.11 Å². The molecule has 96 valence electrons. The van der Waals surface area contributed by atoms with Crippen LogP contribution in [0.5, 0.6) is 0 Å². The maximum atomic E-state index is 9.31. The maximum Gasteiger partial charge on any atom is 0.185 e. The first-order chi connectivity index (χ1) is 8.24. The molecular formula is C12H20N2O2S. The summed E-state index contributed by atoms with van der Waals surface area (Å²) in [5.41, 5.74) is 0.883. The van der Waals surface area contributed by atoms with Crippen LogP contribution in [-0.4, -0.2) is 30.3 Å². The summed E-state index contributed by atoms with van der Waals surface area (Å²) in [6.07, 6.45) is 2.54. The Morgan fingerprint density at radius 2 is 2.41 bits per heavy atom. The summed E-state index contributed by atoms with van der Waals surface area (Å²) in [7, 11) is 1.66. The van der Waals surface area contributed by atoms with Gasteiger partial charge in [-0.15, -0.1) is 0 Å². The van der Waals surface area contributed by atoms with Gasteiger partial charge in [0.2, 0.25) is 0 Å². The Hall–Kier alpha value is -0.650. The molecule has 1 unspecified atom stereocenters. The summed E-state index contributed by atoms with van der Waals surface area (Å²) >= 11 is 1.59. The van der Waals surface area contributed by atoms with Crippen LogP contribution in [0.3, 0.4) is 0 Å². The molecule has 1 atom stereocenters. The van der Waals surface area contributed by atoms with E-state index < -0.39 is 0 Å². The van der Waals surface area contributed by atoms with Crippen LogP contribution in [0.4, 0.5) is 5.13 Å². The van der Waals surface area contributed by atoms with Gasteiger partial charge in [0.1, 0.15) is 0 Å². The second-order valence-electron chi connectivity index (χ2n) is 4.65. The summed E-state index contributed by atoms with van der Waals surface area (Å²) in [6, 6.07) is 0.